The minimum atomic E-state index is -4.67. The number of hydrogen-bond acceptors (Lipinski definition) is 7. The van der Waals surface area contributed by atoms with Gasteiger partial charge in [-0.3, -0.25) is 9.36 Å². The summed E-state index contributed by atoms with van der Waals surface area (Å²) in [4.78, 5) is 17.8. The van der Waals surface area contributed by atoms with E-state index in [9.17, 15) is 36.6 Å². The van der Waals surface area contributed by atoms with Crippen LogP contribution in [0.4, 0.5) is 13.2 Å². The van der Waals surface area contributed by atoms with E-state index in [4.69, 9.17) is 27.4 Å². The number of aromatic nitrogens is 2. The number of hydrogen-bond donors (Lipinski definition) is 3. The molecule has 0 radical (unpaired) electrons. The predicted molar refractivity (Wildman–Crippen MR) is 146 cm³/mol. The van der Waals surface area contributed by atoms with Gasteiger partial charge in [0.1, 0.15) is 11.6 Å². The largest absolute Gasteiger partial charge is 0.391 e. The molecule has 1 heterocycles. The van der Waals surface area contributed by atoms with Gasteiger partial charge in [0.2, 0.25) is 0 Å². The van der Waals surface area contributed by atoms with Gasteiger partial charge >= 0.3 is 16.3 Å². The van der Waals surface area contributed by atoms with E-state index < -0.39 is 53.1 Å². The molecule has 1 saturated carbocycles. The van der Waals surface area contributed by atoms with Crippen LogP contribution in [-0.2, 0) is 16.7 Å². The van der Waals surface area contributed by atoms with Crippen molar-refractivity contribution >= 4 is 39.2 Å². The number of halogens is 5. The normalized spacial score (nSPS) is 17.8. The summed E-state index contributed by atoms with van der Waals surface area (Å²) in [5.74, 6) is -1.96. The molecule has 1 amide bonds. The van der Waals surface area contributed by atoms with Crippen molar-refractivity contribution in [3.05, 3.63) is 63.9 Å². The van der Waals surface area contributed by atoms with Gasteiger partial charge in [0.25, 0.3) is 5.91 Å². The topological polar surface area (TPSA) is 131 Å². The molecular formula is C26H26Cl2F3N3O6S. The van der Waals surface area contributed by atoms with Gasteiger partial charge in [-0.05, 0) is 55.3 Å². The Balaban J connectivity index is 1.72. The first-order valence-corrected chi connectivity index (χ1v) is 14.9. The van der Waals surface area contributed by atoms with Crippen LogP contribution in [0.2, 0.25) is 10.0 Å². The summed E-state index contributed by atoms with van der Waals surface area (Å²) >= 11 is 12.5. The highest BCUT2D eigenvalue weighted by Gasteiger charge is 2.31. The van der Waals surface area contributed by atoms with E-state index in [0.717, 1.165) is 12.8 Å². The highest BCUT2D eigenvalue weighted by Crippen LogP contribution is 2.34. The molecule has 3 aromatic rings. The molecular weight excluding hydrogens is 610 g/mol. The molecule has 1 aromatic heterocycles. The molecule has 1 fully saturated rings. The maximum absolute atomic E-state index is 13.3. The Hall–Kier alpha value is -2.84. The number of carbonyl (C=O) groups is 1. The van der Waals surface area contributed by atoms with Crippen LogP contribution in [0.1, 0.15) is 48.3 Å². The highest BCUT2D eigenvalue weighted by atomic mass is 35.5. The third-order valence-corrected chi connectivity index (χ3v) is 8.21. The van der Waals surface area contributed by atoms with E-state index in [0.29, 0.717) is 29.1 Å². The number of aliphatic hydroxyl groups excluding tert-OH is 2. The first-order valence-electron chi connectivity index (χ1n) is 12.5. The lowest BCUT2D eigenvalue weighted by Gasteiger charge is -2.28. The molecule has 222 valence electrons. The fraction of sp³-hybridized carbons (Fsp3) is 0.385. The van der Waals surface area contributed by atoms with E-state index in [1.807, 2.05) is 0 Å². The molecule has 1 aliphatic rings. The number of amides is 1. The number of benzene rings is 2. The summed E-state index contributed by atoms with van der Waals surface area (Å²) in [7, 11) is -4.53. The third-order valence-electron chi connectivity index (χ3n) is 6.51. The Morgan fingerprint density at radius 3 is 2.41 bits per heavy atom. The van der Waals surface area contributed by atoms with Gasteiger partial charge in [-0.25, -0.2) is 4.98 Å². The monoisotopic (exact) mass is 635 g/mol. The van der Waals surface area contributed by atoms with Crippen LogP contribution >= 0.6 is 23.2 Å². The second kappa shape index (κ2) is 12.6. The second-order valence-electron chi connectivity index (χ2n) is 9.48. The third kappa shape index (κ3) is 7.72. The minimum Gasteiger partial charge on any atom is -0.391 e. The zero-order valence-electron chi connectivity index (χ0n) is 21.4. The van der Waals surface area contributed by atoms with Gasteiger partial charge in [-0.15, -0.1) is 0 Å². The molecule has 41 heavy (non-hydrogen) atoms. The number of imidazole rings is 1. The number of rotatable bonds is 9. The van der Waals surface area contributed by atoms with Gasteiger partial charge in [0.15, 0.2) is 5.69 Å². The van der Waals surface area contributed by atoms with Gasteiger partial charge in [-0.2, -0.15) is 21.6 Å². The van der Waals surface area contributed by atoms with Crippen molar-refractivity contribution in [2.24, 2.45) is 0 Å². The van der Waals surface area contributed by atoms with Gasteiger partial charge in [-0.1, -0.05) is 36.0 Å². The molecule has 0 aliphatic heterocycles. The molecule has 2 aromatic carbocycles. The Morgan fingerprint density at radius 1 is 1.12 bits per heavy atom. The van der Waals surface area contributed by atoms with Crippen molar-refractivity contribution in [1.82, 2.24) is 14.9 Å². The molecule has 0 saturated heterocycles. The number of aliphatic hydroxyl groups is 2. The summed E-state index contributed by atoms with van der Waals surface area (Å²) in [6.45, 7) is -0.641. The maximum Gasteiger partial charge on any atom is 0.390 e. The standard InChI is InChI=1S/C26H26Cl2F3N3O6S/c27-15-5-10-18(19(28)13-15)24-33-23(25(37)32-20-3-1-2-4-22(20)36)21(14-35)34(24)16-6-8-17(9-7-16)40-41(38,39)12-11-26(29,30)31/h5-10,13,20,22,35-36H,1-4,11-12,14H2,(H,32,37). The lowest BCUT2D eigenvalue weighted by atomic mass is 9.92. The Bertz CT molecular complexity index is 1510. The average Bonchev–Trinajstić information content (AvgIpc) is 3.28. The van der Waals surface area contributed by atoms with Crippen LogP contribution in [0.15, 0.2) is 42.5 Å². The average molecular weight is 636 g/mol. The summed E-state index contributed by atoms with van der Waals surface area (Å²) in [5, 5.41) is 24.0. The molecule has 2 atom stereocenters. The summed E-state index contributed by atoms with van der Waals surface area (Å²) < 4.78 is 67.7. The molecule has 15 heteroatoms. The first kappa shape index (κ1) is 31.1. The van der Waals surface area contributed by atoms with E-state index in [1.54, 1.807) is 12.1 Å². The fourth-order valence-electron chi connectivity index (χ4n) is 4.51. The van der Waals surface area contributed by atoms with Crippen molar-refractivity contribution < 1.29 is 40.8 Å². The van der Waals surface area contributed by atoms with Crippen LogP contribution in [0, 0.1) is 0 Å². The smallest absolute Gasteiger partial charge is 0.390 e. The maximum atomic E-state index is 13.3. The van der Waals surface area contributed by atoms with E-state index in [1.165, 1.54) is 34.9 Å². The summed E-state index contributed by atoms with van der Waals surface area (Å²) in [5.41, 5.74) is 0.610. The van der Waals surface area contributed by atoms with Crippen molar-refractivity contribution in [3.63, 3.8) is 0 Å². The number of alkyl halides is 3. The Labute approximate surface area is 244 Å². The van der Waals surface area contributed by atoms with E-state index in [-0.39, 0.29) is 28.0 Å². The lowest BCUT2D eigenvalue weighted by molar-refractivity contribution is -0.130. The van der Waals surface area contributed by atoms with Crippen LogP contribution in [0.3, 0.4) is 0 Å². The zero-order chi connectivity index (χ0) is 29.9. The summed E-state index contributed by atoms with van der Waals surface area (Å²) in [6, 6.07) is 9.30. The number of nitrogens with zero attached hydrogens (tertiary/aromatic N) is 2. The van der Waals surface area contributed by atoms with E-state index >= 15 is 0 Å². The minimum absolute atomic E-state index is 0.0697. The van der Waals surface area contributed by atoms with Crippen LogP contribution < -0.4 is 9.50 Å². The molecule has 0 spiro atoms. The molecule has 3 N–H and O–H groups in total. The highest BCUT2D eigenvalue weighted by molar-refractivity contribution is 7.87. The molecule has 1 aliphatic carbocycles. The second-order valence-corrected chi connectivity index (χ2v) is 12.0. The molecule has 9 nitrogen and oxygen atoms in total. The fourth-order valence-corrected chi connectivity index (χ4v) is 5.97. The van der Waals surface area contributed by atoms with Gasteiger partial charge < -0.3 is 19.7 Å². The van der Waals surface area contributed by atoms with Crippen LogP contribution in [0.25, 0.3) is 17.1 Å². The predicted octanol–water partition coefficient (Wildman–Crippen LogP) is 5.03. The van der Waals surface area contributed by atoms with Gasteiger partial charge in [0.05, 0.1) is 41.6 Å². The van der Waals surface area contributed by atoms with Crippen LogP contribution in [-0.4, -0.2) is 58.2 Å². The molecule has 0 bridgehead atoms. The van der Waals surface area contributed by atoms with Crippen molar-refractivity contribution in [1.29, 1.82) is 0 Å². The van der Waals surface area contributed by atoms with Crippen molar-refractivity contribution in [2.45, 2.75) is 57.0 Å². The van der Waals surface area contributed by atoms with Gasteiger partial charge in [0, 0.05) is 16.3 Å². The van der Waals surface area contributed by atoms with Crippen molar-refractivity contribution in [2.75, 3.05) is 5.75 Å². The number of nitrogens with one attached hydrogen (secondary N) is 1. The summed E-state index contributed by atoms with van der Waals surface area (Å²) in [6.07, 6.45) is -4.17. The Kier molecular flexibility index (Phi) is 9.54. The lowest BCUT2D eigenvalue weighted by Crippen LogP contribution is -2.45. The van der Waals surface area contributed by atoms with Crippen molar-refractivity contribution in [3.8, 4) is 22.8 Å². The first-order chi connectivity index (χ1) is 19.3. The SMILES string of the molecule is O=C(NC1CCCCC1O)c1nc(-c2ccc(Cl)cc2Cl)n(-c2ccc(OS(=O)(=O)CCC(F)(F)F)cc2)c1CO. The van der Waals surface area contributed by atoms with Crippen LogP contribution in [0.5, 0.6) is 5.75 Å². The Morgan fingerprint density at radius 2 is 1.80 bits per heavy atom. The molecule has 4 rings (SSSR count). The number of carbonyl (C=O) groups excluding carboxylic acids is 1. The quantitative estimate of drug-likeness (QED) is 0.281. The van der Waals surface area contributed by atoms with E-state index in [2.05, 4.69) is 10.3 Å². The molecule has 2 unspecified atom stereocenters. The zero-order valence-corrected chi connectivity index (χ0v) is 23.7.